The average molecular weight is 363 g/mol. The maximum atomic E-state index is 9.64. The van der Waals surface area contributed by atoms with Crippen LogP contribution in [0.15, 0.2) is 36.7 Å². The summed E-state index contributed by atoms with van der Waals surface area (Å²) >= 11 is 6.07. The Bertz CT molecular complexity index is 688. The number of halogens is 1. The molecule has 25 heavy (non-hydrogen) atoms. The molecule has 136 valence electrons. The third-order valence-corrected chi connectivity index (χ3v) is 4.93. The highest BCUT2D eigenvalue weighted by Crippen LogP contribution is 2.24. The molecule has 1 aromatic heterocycles. The molecule has 3 rings (SSSR count). The predicted octanol–water partition coefficient (Wildman–Crippen LogP) is 2.52. The molecule has 5 nitrogen and oxygen atoms in total. The summed E-state index contributed by atoms with van der Waals surface area (Å²) in [5.74, 6) is 0.963. The van der Waals surface area contributed by atoms with Crippen molar-refractivity contribution in [2.24, 2.45) is 11.8 Å². The van der Waals surface area contributed by atoms with Gasteiger partial charge in [0, 0.05) is 49.6 Å². The normalized spacial score (nSPS) is 21.8. The van der Waals surface area contributed by atoms with Gasteiger partial charge in [0.05, 0.1) is 11.9 Å². The first-order chi connectivity index (χ1) is 12.0. The van der Waals surface area contributed by atoms with Gasteiger partial charge in [-0.05, 0) is 50.6 Å². The number of aliphatic hydroxyl groups is 1. The molecule has 2 heterocycles. The van der Waals surface area contributed by atoms with Crippen LogP contribution in [0.1, 0.15) is 12.0 Å². The molecule has 0 amide bonds. The second-order valence-corrected chi connectivity index (χ2v) is 7.82. The summed E-state index contributed by atoms with van der Waals surface area (Å²) in [4.78, 5) is 4.68. The molecule has 1 aliphatic heterocycles. The van der Waals surface area contributed by atoms with Gasteiger partial charge in [-0.2, -0.15) is 5.10 Å². The fourth-order valence-electron chi connectivity index (χ4n) is 3.80. The van der Waals surface area contributed by atoms with Gasteiger partial charge in [-0.3, -0.25) is 4.90 Å². The third kappa shape index (κ3) is 5.05. The zero-order valence-electron chi connectivity index (χ0n) is 15.0. The lowest BCUT2D eigenvalue weighted by Gasteiger charge is -2.38. The van der Waals surface area contributed by atoms with Gasteiger partial charge in [-0.25, -0.2) is 4.68 Å². The zero-order valence-corrected chi connectivity index (χ0v) is 15.7. The van der Waals surface area contributed by atoms with Crippen molar-refractivity contribution in [2.45, 2.75) is 13.0 Å². The molecule has 0 spiro atoms. The summed E-state index contributed by atoms with van der Waals surface area (Å²) in [7, 11) is 4.23. The molecule has 1 N–H and O–H groups in total. The summed E-state index contributed by atoms with van der Waals surface area (Å²) in [6, 6.07) is 7.71. The number of hydrogen-bond acceptors (Lipinski definition) is 4. The molecule has 0 aliphatic carbocycles. The maximum Gasteiger partial charge on any atom is 0.0660 e. The second-order valence-electron chi connectivity index (χ2n) is 7.38. The van der Waals surface area contributed by atoms with Gasteiger partial charge in [0.1, 0.15) is 0 Å². The van der Waals surface area contributed by atoms with Crippen LogP contribution in [0.4, 0.5) is 0 Å². The number of piperidine rings is 1. The number of rotatable bonds is 6. The number of aromatic nitrogens is 2. The molecule has 2 aromatic rings. The van der Waals surface area contributed by atoms with E-state index in [1.54, 1.807) is 0 Å². The zero-order chi connectivity index (χ0) is 17.8. The maximum absolute atomic E-state index is 9.64. The third-order valence-electron chi connectivity index (χ3n) is 4.70. The monoisotopic (exact) mass is 362 g/mol. The summed E-state index contributed by atoms with van der Waals surface area (Å²) < 4.78 is 1.87. The number of nitrogens with zero attached hydrogens (tertiary/aromatic N) is 4. The first kappa shape index (κ1) is 18.4. The Morgan fingerprint density at radius 3 is 2.80 bits per heavy atom. The quantitative estimate of drug-likeness (QED) is 0.857. The van der Waals surface area contributed by atoms with Gasteiger partial charge < -0.3 is 10.0 Å². The van der Waals surface area contributed by atoms with Crippen molar-refractivity contribution in [3.8, 4) is 5.69 Å². The van der Waals surface area contributed by atoms with Crippen LogP contribution in [0.5, 0.6) is 0 Å². The van der Waals surface area contributed by atoms with Crippen LogP contribution >= 0.6 is 11.6 Å². The van der Waals surface area contributed by atoms with Crippen LogP contribution in [0.2, 0.25) is 5.02 Å². The number of hydrogen-bond donors (Lipinski definition) is 1. The molecule has 1 saturated heterocycles. The summed E-state index contributed by atoms with van der Waals surface area (Å²) in [6.07, 6.45) is 5.09. The van der Waals surface area contributed by atoms with Crippen LogP contribution in [0.25, 0.3) is 5.69 Å². The van der Waals surface area contributed by atoms with Gasteiger partial charge in [0.15, 0.2) is 0 Å². The molecular formula is C19H27ClN4O. The van der Waals surface area contributed by atoms with Crippen LogP contribution in [-0.2, 0) is 6.54 Å². The minimum absolute atomic E-state index is 0.266. The topological polar surface area (TPSA) is 44.5 Å². The van der Waals surface area contributed by atoms with Crippen molar-refractivity contribution >= 4 is 11.6 Å². The highest BCUT2D eigenvalue weighted by Gasteiger charge is 2.27. The molecule has 0 unspecified atom stereocenters. The van der Waals surface area contributed by atoms with Gasteiger partial charge in [-0.15, -0.1) is 0 Å². The lowest BCUT2D eigenvalue weighted by atomic mass is 9.89. The highest BCUT2D eigenvalue weighted by molar-refractivity contribution is 6.30. The molecule has 0 bridgehead atoms. The van der Waals surface area contributed by atoms with E-state index in [9.17, 15) is 5.11 Å². The van der Waals surface area contributed by atoms with Gasteiger partial charge in [-0.1, -0.05) is 17.7 Å². The largest absolute Gasteiger partial charge is 0.396 e. The molecule has 1 aromatic carbocycles. The Kier molecular flexibility index (Phi) is 6.12. The van der Waals surface area contributed by atoms with Crippen molar-refractivity contribution in [2.75, 3.05) is 40.3 Å². The Hall–Kier alpha value is -1.40. The van der Waals surface area contributed by atoms with Crippen molar-refractivity contribution in [1.29, 1.82) is 0 Å². The summed E-state index contributed by atoms with van der Waals surface area (Å²) in [5.41, 5.74) is 2.15. The number of likely N-dealkylation sites (tertiary alicyclic amines) is 1. The van der Waals surface area contributed by atoms with Crippen LogP contribution < -0.4 is 0 Å². The van der Waals surface area contributed by atoms with E-state index in [2.05, 4.69) is 35.2 Å². The van der Waals surface area contributed by atoms with Crippen LogP contribution in [0.3, 0.4) is 0 Å². The van der Waals surface area contributed by atoms with Crippen molar-refractivity contribution in [3.05, 3.63) is 47.2 Å². The predicted molar refractivity (Wildman–Crippen MR) is 101 cm³/mol. The number of benzene rings is 1. The molecule has 6 heteroatoms. The minimum atomic E-state index is 0.266. The summed E-state index contributed by atoms with van der Waals surface area (Å²) in [6.45, 7) is 4.21. The Labute approximate surface area is 154 Å². The van der Waals surface area contributed by atoms with Crippen LogP contribution in [-0.4, -0.2) is 65.0 Å². The van der Waals surface area contributed by atoms with Crippen molar-refractivity contribution in [3.63, 3.8) is 0 Å². The van der Waals surface area contributed by atoms with E-state index in [-0.39, 0.29) is 6.61 Å². The first-order valence-electron chi connectivity index (χ1n) is 8.81. The molecule has 1 aliphatic rings. The standard InChI is InChI=1S/C19H27ClN4O/c1-22(2)9-15-6-16(14-25)11-23(10-15)12-17-8-21-24(13-17)19-5-3-4-18(20)7-19/h3-5,7-8,13,15-16,25H,6,9-12,14H2,1-2H3/t15-,16+/m1/s1. The van der Waals surface area contributed by atoms with E-state index in [0.29, 0.717) is 16.9 Å². The Morgan fingerprint density at radius 2 is 2.08 bits per heavy atom. The fraction of sp³-hybridized carbons (Fsp3) is 0.526. The first-order valence-corrected chi connectivity index (χ1v) is 9.18. The molecular weight excluding hydrogens is 336 g/mol. The van der Waals surface area contributed by atoms with Gasteiger partial charge >= 0.3 is 0 Å². The fourth-order valence-corrected chi connectivity index (χ4v) is 3.98. The molecule has 2 atom stereocenters. The molecule has 1 fully saturated rings. The van der Waals surface area contributed by atoms with Gasteiger partial charge in [0.25, 0.3) is 0 Å². The lowest BCUT2D eigenvalue weighted by Crippen LogP contribution is -2.44. The Morgan fingerprint density at radius 1 is 1.28 bits per heavy atom. The SMILES string of the molecule is CN(C)C[C@H]1C[C@H](CO)CN(Cc2cnn(-c3cccc(Cl)c3)c2)C1. The lowest BCUT2D eigenvalue weighted by molar-refractivity contribution is 0.0692. The van der Waals surface area contributed by atoms with E-state index in [0.717, 1.165) is 38.3 Å². The van der Waals surface area contributed by atoms with Crippen molar-refractivity contribution in [1.82, 2.24) is 19.6 Å². The highest BCUT2D eigenvalue weighted by atomic mass is 35.5. The summed E-state index contributed by atoms with van der Waals surface area (Å²) in [5, 5.41) is 14.8. The van der Waals surface area contributed by atoms with E-state index < -0.39 is 0 Å². The molecule has 0 radical (unpaired) electrons. The van der Waals surface area contributed by atoms with E-state index in [4.69, 9.17) is 11.6 Å². The van der Waals surface area contributed by atoms with E-state index in [1.807, 2.05) is 35.1 Å². The van der Waals surface area contributed by atoms with Crippen molar-refractivity contribution < 1.29 is 5.11 Å². The van der Waals surface area contributed by atoms with Gasteiger partial charge in [0.2, 0.25) is 0 Å². The minimum Gasteiger partial charge on any atom is -0.396 e. The average Bonchev–Trinajstić information content (AvgIpc) is 3.02. The van der Waals surface area contributed by atoms with E-state index >= 15 is 0 Å². The van der Waals surface area contributed by atoms with Crippen LogP contribution in [0, 0.1) is 11.8 Å². The second kappa shape index (κ2) is 8.32. The smallest absolute Gasteiger partial charge is 0.0660 e. The molecule has 0 saturated carbocycles. The number of aliphatic hydroxyl groups excluding tert-OH is 1. The Balaban J connectivity index is 1.67. The van der Waals surface area contributed by atoms with E-state index in [1.165, 1.54) is 5.56 Å².